The van der Waals surface area contributed by atoms with Crippen LogP contribution >= 0.6 is 0 Å². The van der Waals surface area contributed by atoms with Crippen molar-refractivity contribution in [2.45, 2.75) is 39.0 Å². The van der Waals surface area contributed by atoms with Gasteiger partial charge in [-0.2, -0.15) is 0 Å². The van der Waals surface area contributed by atoms with Crippen molar-refractivity contribution >= 4 is 11.9 Å². The molecule has 1 aromatic rings. The molecule has 20 heavy (non-hydrogen) atoms. The number of hydrogen-bond donors (Lipinski definition) is 3. The van der Waals surface area contributed by atoms with E-state index in [1.807, 2.05) is 13.8 Å². The Hall–Kier alpha value is -1.92. The maximum atomic E-state index is 11.9. The van der Waals surface area contributed by atoms with Crippen LogP contribution in [0.3, 0.4) is 0 Å². The Bertz CT molecular complexity index is 494. The fourth-order valence-electron chi connectivity index (χ4n) is 2.05. The normalized spacial score (nSPS) is 16.1. The van der Waals surface area contributed by atoms with Crippen molar-refractivity contribution in [1.29, 1.82) is 0 Å². The summed E-state index contributed by atoms with van der Waals surface area (Å²) in [5.41, 5.74) is 0. The lowest BCUT2D eigenvalue weighted by atomic mass is 9.97. The third-order valence-electron chi connectivity index (χ3n) is 3.28. The molecule has 1 heterocycles. The second-order valence-electron chi connectivity index (χ2n) is 5.69. The quantitative estimate of drug-likeness (QED) is 0.694. The zero-order valence-electron chi connectivity index (χ0n) is 11.7. The van der Waals surface area contributed by atoms with Crippen molar-refractivity contribution in [3.05, 3.63) is 11.6 Å². The Kier molecular flexibility index (Phi) is 4.36. The molecular formula is C13H20N4O3. The Morgan fingerprint density at radius 3 is 2.70 bits per heavy atom. The van der Waals surface area contributed by atoms with Gasteiger partial charge in [-0.05, 0) is 25.2 Å². The van der Waals surface area contributed by atoms with Gasteiger partial charge in [-0.25, -0.2) is 4.98 Å². The van der Waals surface area contributed by atoms with E-state index in [4.69, 9.17) is 5.11 Å². The molecule has 1 unspecified atom stereocenters. The average molecular weight is 280 g/mol. The molecule has 7 nitrogen and oxygen atoms in total. The fourth-order valence-corrected chi connectivity index (χ4v) is 2.05. The van der Waals surface area contributed by atoms with Crippen LogP contribution in [0.25, 0.3) is 0 Å². The van der Waals surface area contributed by atoms with Crippen LogP contribution in [0.4, 0.5) is 0 Å². The number of aromatic nitrogens is 3. The highest BCUT2D eigenvalue weighted by Crippen LogP contribution is 2.37. The topological polar surface area (TPSA) is 108 Å². The van der Waals surface area contributed by atoms with Crippen LogP contribution in [-0.2, 0) is 4.79 Å². The molecule has 1 amide bonds. The van der Waals surface area contributed by atoms with Crippen LogP contribution in [0.2, 0.25) is 0 Å². The minimum atomic E-state index is -0.896. The molecule has 1 aliphatic rings. The van der Waals surface area contributed by atoms with E-state index in [-0.39, 0.29) is 18.3 Å². The summed E-state index contributed by atoms with van der Waals surface area (Å²) >= 11 is 0. The molecule has 1 atom stereocenters. The van der Waals surface area contributed by atoms with Gasteiger partial charge in [0.25, 0.3) is 5.91 Å². The van der Waals surface area contributed by atoms with Crippen LogP contribution in [0, 0.1) is 11.8 Å². The van der Waals surface area contributed by atoms with E-state index in [9.17, 15) is 9.59 Å². The minimum Gasteiger partial charge on any atom is -0.481 e. The number of amides is 1. The van der Waals surface area contributed by atoms with Gasteiger partial charge in [-0.3, -0.25) is 14.7 Å². The van der Waals surface area contributed by atoms with E-state index in [0.29, 0.717) is 12.3 Å². The number of carbonyl (C=O) groups is 2. The predicted octanol–water partition coefficient (Wildman–Crippen LogP) is 1.16. The Labute approximate surface area is 117 Å². The van der Waals surface area contributed by atoms with E-state index in [2.05, 4.69) is 20.5 Å². The summed E-state index contributed by atoms with van der Waals surface area (Å²) in [6.45, 7) is 4.00. The lowest BCUT2D eigenvalue weighted by molar-refractivity contribution is -0.142. The lowest BCUT2D eigenvalue weighted by Crippen LogP contribution is -2.34. The standard InChI is InChI=1S/C13H20N4O3/c1-7(2)5-9(13(19)20)6-14-12(18)11-15-10(16-17-11)8-3-4-8/h7-9H,3-6H2,1-2H3,(H,14,18)(H,19,20)(H,15,16,17). The lowest BCUT2D eigenvalue weighted by Gasteiger charge is -2.14. The molecule has 1 saturated carbocycles. The highest BCUT2D eigenvalue weighted by Gasteiger charge is 2.28. The molecular weight excluding hydrogens is 260 g/mol. The number of hydrogen-bond acceptors (Lipinski definition) is 4. The van der Waals surface area contributed by atoms with Crippen molar-refractivity contribution in [3.8, 4) is 0 Å². The van der Waals surface area contributed by atoms with Crippen LogP contribution in [0.15, 0.2) is 0 Å². The van der Waals surface area contributed by atoms with Crippen molar-refractivity contribution in [1.82, 2.24) is 20.5 Å². The first-order valence-electron chi connectivity index (χ1n) is 6.90. The summed E-state index contributed by atoms with van der Waals surface area (Å²) < 4.78 is 0. The van der Waals surface area contributed by atoms with Gasteiger partial charge >= 0.3 is 5.97 Å². The average Bonchev–Trinajstić information content (AvgIpc) is 3.11. The first-order valence-corrected chi connectivity index (χ1v) is 6.90. The molecule has 1 aliphatic carbocycles. The molecule has 0 bridgehead atoms. The maximum Gasteiger partial charge on any atom is 0.308 e. The van der Waals surface area contributed by atoms with E-state index >= 15 is 0 Å². The van der Waals surface area contributed by atoms with Crippen molar-refractivity contribution in [2.75, 3.05) is 6.54 Å². The minimum absolute atomic E-state index is 0.0839. The van der Waals surface area contributed by atoms with Gasteiger partial charge in [-0.15, -0.1) is 5.10 Å². The van der Waals surface area contributed by atoms with E-state index in [0.717, 1.165) is 18.7 Å². The maximum absolute atomic E-state index is 11.9. The SMILES string of the molecule is CC(C)CC(CNC(=O)c1n[nH]c(C2CC2)n1)C(=O)O. The zero-order valence-corrected chi connectivity index (χ0v) is 11.7. The molecule has 0 aromatic carbocycles. The molecule has 7 heteroatoms. The second-order valence-corrected chi connectivity index (χ2v) is 5.69. The van der Waals surface area contributed by atoms with Gasteiger partial charge in [0, 0.05) is 12.5 Å². The summed E-state index contributed by atoms with van der Waals surface area (Å²) in [5.74, 6) is -0.418. The number of carboxylic acids is 1. The van der Waals surface area contributed by atoms with Gasteiger partial charge in [0.1, 0.15) is 5.82 Å². The summed E-state index contributed by atoms with van der Waals surface area (Å²) in [7, 11) is 0. The van der Waals surface area contributed by atoms with Crippen LogP contribution in [0.5, 0.6) is 0 Å². The zero-order chi connectivity index (χ0) is 14.7. The molecule has 2 rings (SSSR count). The fraction of sp³-hybridized carbons (Fsp3) is 0.692. The predicted molar refractivity (Wildman–Crippen MR) is 71.3 cm³/mol. The highest BCUT2D eigenvalue weighted by molar-refractivity contribution is 5.90. The monoisotopic (exact) mass is 280 g/mol. The van der Waals surface area contributed by atoms with Gasteiger partial charge in [0.2, 0.25) is 5.82 Å². The third kappa shape index (κ3) is 3.79. The number of nitrogens with one attached hydrogen (secondary N) is 2. The first-order chi connectivity index (χ1) is 9.47. The van der Waals surface area contributed by atoms with Gasteiger partial charge in [0.05, 0.1) is 5.92 Å². The smallest absolute Gasteiger partial charge is 0.308 e. The van der Waals surface area contributed by atoms with E-state index in [1.165, 1.54) is 0 Å². The van der Waals surface area contributed by atoms with Gasteiger partial charge in [-0.1, -0.05) is 13.8 Å². The van der Waals surface area contributed by atoms with E-state index < -0.39 is 17.8 Å². The summed E-state index contributed by atoms with van der Waals surface area (Å²) in [6, 6.07) is 0. The molecule has 0 saturated heterocycles. The summed E-state index contributed by atoms with van der Waals surface area (Å²) in [4.78, 5) is 27.1. The molecule has 3 N–H and O–H groups in total. The van der Waals surface area contributed by atoms with Crippen LogP contribution in [0.1, 0.15) is 55.5 Å². The highest BCUT2D eigenvalue weighted by atomic mass is 16.4. The molecule has 0 spiro atoms. The van der Waals surface area contributed by atoms with Gasteiger partial charge in [0.15, 0.2) is 0 Å². The number of carbonyl (C=O) groups excluding carboxylic acids is 1. The molecule has 1 aromatic heterocycles. The molecule has 0 radical (unpaired) electrons. The number of aliphatic carboxylic acids is 1. The number of nitrogens with zero attached hydrogens (tertiary/aromatic N) is 2. The second kappa shape index (κ2) is 6.02. The van der Waals surface area contributed by atoms with Crippen molar-refractivity contribution in [2.24, 2.45) is 11.8 Å². The molecule has 0 aliphatic heterocycles. The first kappa shape index (κ1) is 14.5. The largest absolute Gasteiger partial charge is 0.481 e. The Morgan fingerprint density at radius 2 is 2.15 bits per heavy atom. The summed E-state index contributed by atoms with van der Waals surface area (Å²) in [5, 5.41) is 18.3. The number of carboxylic acid groups (broad SMARTS) is 1. The van der Waals surface area contributed by atoms with Crippen molar-refractivity contribution in [3.63, 3.8) is 0 Å². The number of aromatic amines is 1. The third-order valence-corrected chi connectivity index (χ3v) is 3.28. The molecule has 1 fully saturated rings. The Morgan fingerprint density at radius 1 is 1.45 bits per heavy atom. The van der Waals surface area contributed by atoms with Gasteiger partial charge < -0.3 is 10.4 Å². The van der Waals surface area contributed by atoms with Crippen LogP contribution < -0.4 is 5.32 Å². The summed E-state index contributed by atoms with van der Waals surface area (Å²) in [6.07, 6.45) is 2.67. The Balaban J connectivity index is 1.87. The molecule has 110 valence electrons. The van der Waals surface area contributed by atoms with Crippen molar-refractivity contribution < 1.29 is 14.7 Å². The van der Waals surface area contributed by atoms with E-state index in [1.54, 1.807) is 0 Å². The number of rotatable bonds is 7. The van der Waals surface area contributed by atoms with Crippen LogP contribution in [-0.4, -0.2) is 38.7 Å². The number of H-pyrrole nitrogens is 1.